The molecule has 0 fully saturated rings. The molecule has 1 N–H and O–H groups in total. The Labute approximate surface area is 85.6 Å². The molecule has 1 aromatic heterocycles. The largest absolute Gasteiger partial charge is 0.388 e. The minimum absolute atomic E-state index is 0.323. The fraction of sp³-hybridized carbons (Fsp3) is 0.500. The molecular formula is C12H17NO. The van der Waals surface area contributed by atoms with Crippen molar-refractivity contribution in [2.75, 3.05) is 0 Å². The van der Waals surface area contributed by atoms with Gasteiger partial charge in [-0.15, -0.1) is 5.92 Å². The van der Waals surface area contributed by atoms with Crippen molar-refractivity contribution >= 4 is 0 Å². The Morgan fingerprint density at radius 3 is 3.00 bits per heavy atom. The van der Waals surface area contributed by atoms with Gasteiger partial charge >= 0.3 is 0 Å². The van der Waals surface area contributed by atoms with E-state index < -0.39 is 0 Å². The standard InChI is InChI=1S/C12H17NO/c1-3-5-8-13-9-7-11(10-13)12(14)6-4-2/h7,9-10,12,14H,4,6,8H2,1-2H3. The predicted molar refractivity (Wildman–Crippen MR) is 57.7 cm³/mol. The summed E-state index contributed by atoms with van der Waals surface area (Å²) in [5, 5.41) is 9.71. The Hall–Kier alpha value is -1.20. The molecule has 0 bridgehead atoms. The number of rotatable bonds is 4. The molecule has 2 heteroatoms. The summed E-state index contributed by atoms with van der Waals surface area (Å²) >= 11 is 0. The molecule has 14 heavy (non-hydrogen) atoms. The number of aliphatic hydroxyl groups is 1. The summed E-state index contributed by atoms with van der Waals surface area (Å²) in [6, 6.07) is 1.96. The van der Waals surface area contributed by atoms with Crippen molar-refractivity contribution in [2.45, 2.75) is 39.3 Å². The summed E-state index contributed by atoms with van der Waals surface area (Å²) in [7, 11) is 0. The maximum atomic E-state index is 9.71. The van der Waals surface area contributed by atoms with Crippen LogP contribution in [0.5, 0.6) is 0 Å². The second-order valence-corrected chi connectivity index (χ2v) is 3.35. The molecule has 1 atom stereocenters. The van der Waals surface area contributed by atoms with Gasteiger partial charge in [-0.25, -0.2) is 0 Å². The Kier molecular flexibility index (Phi) is 4.28. The van der Waals surface area contributed by atoms with Crippen molar-refractivity contribution in [1.29, 1.82) is 0 Å². The summed E-state index contributed by atoms with van der Waals surface area (Å²) in [4.78, 5) is 0. The summed E-state index contributed by atoms with van der Waals surface area (Å²) in [5.41, 5.74) is 0.991. The van der Waals surface area contributed by atoms with Gasteiger partial charge in [0.2, 0.25) is 0 Å². The van der Waals surface area contributed by atoms with Gasteiger partial charge in [0.15, 0.2) is 0 Å². The smallest absolute Gasteiger partial charge is 0.0831 e. The lowest BCUT2D eigenvalue weighted by molar-refractivity contribution is 0.166. The lowest BCUT2D eigenvalue weighted by atomic mass is 10.1. The van der Waals surface area contributed by atoms with Gasteiger partial charge in [0.1, 0.15) is 0 Å². The first-order valence-corrected chi connectivity index (χ1v) is 5.01. The normalized spacial score (nSPS) is 11.9. The third kappa shape index (κ3) is 2.93. The monoisotopic (exact) mass is 191 g/mol. The summed E-state index contributed by atoms with van der Waals surface area (Å²) in [6.45, 7) is 4.61. The molecule has 0 aliphatic heterocycles. The van der Waals surface area contributed by atoms with Crippen molar-refractivity contribution in [2.24, 2.45) is 0 Å². The van der Waals surface area contributed by atoms with E-state index in [-0.39, 0.29) is 6.10 Å². The van der Waals surface area contributed by atoms with Crippen molar-refractivity contribution in [3.63, 3.8) is 0 Å². The van der Waals surface area contributed by atoms with E-state index in [2.05, 4.69) is 18.8 Å². The number of hydrogen-bond donors (Lipinski definition) is 1. The Morgan fingerprint density at radius 1 is 1.57 bits per heavy atom. The molecule has 0 aliphatic rings. The number of aromatic nitrogens is 1. The van der Waals surface area contributed by atoms with Gasteiger partial charge in [-0.2, -0.15) is 0 Å². The Balaban J connectivity index is 2.61. The van der Waals surface area contributed by atoms with Gasteiger partial charge < -0.3 is 9.67 Å². The Bertz CT molecular complexity index is 330. The summed E-state index contributed by atoms with van der Waals surface area (Å²) in [5.74, 6) is 5.83. The highest BCUT2D eigenvalue weighted by Crippen LogP contribution is 2.17. The molecule has 1 aromatic rings. The highest BCUT2D eigenvalue weighted by atomic mass is 16.3. The van der Waals surface area contributed by atoms with Crippen LogP contribution in [0.4, 0.5) is 0 Å². The highest BCUT2D eigenvalue weighted by molar-refractivity contribution is 5.14. The average Bonchev–Trinajstić information content (AvgIpc) is 2.63. The molecule has 76 valence electrons. The van der Waals surface area contributed by atoms with Crippen LogP contribution in [0.1, 0.15) is 38.4 Å². The zero-order chi connectivity index (χ0) is 10.4. The second kappa shape index (κ2) is 5.51. The first-order valence-electron chi connectivity index (χ1n) is 5.01. The highest BCUT2D eigenvalue weighted by Gasteiger charge is 2.06. The first kappa shape index (κ1) is 10.9. The quantitative estimate of drug-likeness (QED) is 0.726. The zero-order valence-corrected chi connectivity index (χ0v) is 8.83. The lowest BCUT2D eigenvalue weighted by Crippen LogP contribution is -1.95. The number of nitrogens with zero attached hydrogens (tertiary/aromatic N) is 1. The summed E-state index contributed by atoms with van der Waals surface area (Å²) < 4.78 is 1.99. The van der Waals surface area contributed by atoms with E-state index in [4.69, 9.17) is 0 Å². The maximum Gasteiger partial charge on any atom is 0.0831 e. The molecule has 0 amide bonds. The molecule has 0 aliphatic carbocycles. The zero-order valence-electron chi connectivity index (χ0n) is 8.83. The van der Waals surface area contributed by atoms with Gasteiger partial charge in [0.05, 0.1) is 12.6 Å². The molecule has 0 saturated heterocycles. The third-order valence-electron chi connectivity index (χ3n) is 2.16. The van der Waals surface area contributed by atoms with E-state index in [0.717, 1.165) is 18.4 Å². The average molecular weight is 191 g/mol. The molecule has 0 spiro atoms. The molecule has 0 radical (unpaired) electrons. The minimum Gasteiger partial charge on any atom is -0.388 e. The van der Waals surface area contributed by atoms with E-state index in [1.807, 2.05) is 30.0 Å². The lowest BCUT2D eigenvalue weighted by Gasteiger charge is -2.05. The second-order valence-electron chi connectivity index (χ2n) is 3.35. The molecule has 2 nitrogen and oxygen atoms in total. The van der Waals surface area contributed by atoms with Crippen LogP contribution >= 0.6 is 0 Å². The van der Waals surface area contributed by atoms with Crippen LogP contribution in [0.2, 0.25) is 0 Å². The van der Waals surface area contributed by atoms with Crippen LogP contribution in [0.3, 0.4) is 0 Å². The molecule has 0 aromatic carbocycles. The molecule has 0 saturated carbocycles. The van der Waals surface area contributed by atoms with Crippen LogP contribution in [-0.4, -0.2) is 9.67 Å². The van der Waals surface area contributed by atoms with Crippen LogP contribution in [0.15, 0.2) is 18.5 Å². The molecule has 1 unspecified atom stereocenters. The number of aliphatic hydroxyl groups excluding tert-OH is 1. The van der Waals surface area contributed by atoms with Crippen LogP contribution in [0.25, 0.3) is 0 Å². The van der Waals surface area contributed by atoms with E-state index >= 15 is 0 Å². The predicted octanol–water partition coefficient (Wildman–Crippen LogP) is 2.34. The van der Waals surface area contributed by atoms with Crippen LogP contribution < -0.4 is 0 Å². The van der Waals surface area contributed by atoms with Crippen molar-refractivity contribution in [1.82, 2.24) is 4.57 Å². The third-order valence-corrected chi connectivity index (χ3v) is 2.16. The van der Waals surface area contributed by atoms with Crippen molar-refractivity contribution < 1.29 is 5.11 Å². The van der Waals surface area contributed by atoms with E-state index in [9.17, 15) is 5.11 Å². The summed E-state index contributed by atoms with van der Waals surface area (Å²) in [6.07, 6.45) is 5.42. The van der Waals surface area contributed by atoms with Crippen LogP contribution in [0, 0.1) is 11.8 Å². The van der Waals surface area contributed by atoms with E-state index in [0.29, 0.717) is 6.54 Å². The van der Waals surface area contributed by atoms with Gasteiger partial charge in [-0.3, -0.25) is 0 Å². The SMILES string of the molecule is CC#CCn1ccc(C(O)CCC)c1. The van der Waals surface area contributed by atoms with E-state index in [1.54, 1.807) is 0 Å². The van der Waals surface area contributed by atoms with Gasteiger partial charge in [0, 0.05) is 12.4 Å². The van der Waals surface area contributed by atoms with E-state index in [1.165, 1.54) is 0 Å². The maximum absolute atomic E-state index is 9.71. The fourth-order valence-corrected chi connectivity index (χ4v) is 1.37. The fourth-order valence-electron chi connectivity index (χ4n) is 1.37. The van der Waals surface area contributed by atoms with Crippen molar-refractivity contribution in [3.05, 3.63) is 24.0 Å². The molecule has 1 rings (SSSR count). The topological polar surface area (TPSA) is 25.2 Å². The minimum atomic E-state index is -0.323. The van der Waals surface area contributed by atoms with Crippen LogP contribution in [-0.2, 0) is 6.54 Å². The molecular weight excluding hydrogens is 174 g/mol. The Morgan fingerprint density at radius 2 is 2.36 bits per heavy atom. The van der Waals surface area contributed by atoms with Gasteiger partial charge in [-0.05, 0) is 25.0 Å². The molecule has 1 heterocycles. The van der Waals surface area contributed by atoms with Gasteiger partial charge in [-0.1, -0.05) is 19.3 Å². The number of hydrogen-bond acceptors (Lipinski definition) is 1. The van der Waals surface area contributed by atoms with Gasteiger partial charge in [0.25, 0.3) is 0 Å². The first-order chi connectivity index (χ1) is 6.77. The van der Waals surface area contributed by atoms with Crippen molar-refractivity contribution in [3.8, 4) is 11.8 Å².